The van der Waals surface area contributed by atoms with Gasteiger partial charge in [-0.25, -0.2) is 4.98 Å². The van der Waals surface area contributed by atoms with Crippen molar-refractivity contribution in [2.45, 2.75) is 26.2 Å². The van der Waals surface area contributed by atoms with Crippen LogP contribution in [0.25, 0.3) is 17.2 Å². The van der Waals surface area contributed by atoms with Crippen molar-refractivity contribution in [3.8, 4) is 0 Å². The van der Waals surface area contributed by atoms with Crippen LogP contribution in [0.2, 0.25) is 5.02 Å². The van der Waals surface area contributed by atoms with Crippen LogP contribution in [0, 0.1) is 0 Å². The predicted molar refractivity (Wildman–Crippen MR) is 142 cm³/mol. The number of aromatic nitrogens is 1. The van der Waals surface area contributed by atoms with Gasteiger partial charge in [0.1, 0.15) is 5.52 Å². The molecule has 0 saturated carbocycles. The topological polar surface area (TPSA) is 67.2 Å². The molecule has 5 nitrogen and oxygen atoms in total. The van der Waals surface area contributed by atoms with E-state index in [0.29, 0.717) is 23.3 Å². The molecule has 4 aromatic rings. The van der Waals surface area contributed by atoms with E-state index in [9.17, 15) is 4.79 Å². The Labute approximate surface area is 208 Å². The summed E-state index contributed by atoms with van der Waals surface area (Å²) in [5.41, 5.74) is 5.62. The van der Waals surface area contributed by atoms with Gasteiger partial charge in [0.05, 0.1) is 0 Å². The summed E-state index contributed by atoms with van der Waals surface area (Å²) in [6.45, 7) is 4.32. The molecule has 0 atom stereocenters. The Kier molecular flexibility index (Phi) is 7.40. The minimum Gasteiger partial charge on any atom is -0.440 e. The number of anilines is 1. The number of oxazole rings is 1. The number of benzene rings is 3. The standard InChI is InChI=1S/C27H24ClN3O2S/c1-17(2)20-8-13-24-23(16-20)30-26(33-24)15-19-5-11-22(12-6-19)29-27(34)31-25(32)14-7-18-3-9-21(28)10-4-18/h3-14,16-17H,15H2,1-2H3,(H2,29,31,32,34)/b14-7+. The first-order valence-corrected chi connectivity index (χ1v) is 11.7. The molecule has 0 aliphatic rings. The predicted octanol–water partition coefficient (Wildman–Crippen LogP) is 6.72. The van der Waals surface area contributed by atoms with Crippen molar-refractivity contribution in [2.75, 3.05) is 5.32 Å². The minimum absolute atomic E-state index is 0.221. The lowest BCUT2D eigenvalue weighted by molar-refractivity contribution is -0.115. The monoisotopic (exact) mass is 489 g/mol. The molecule has 34 heavy (non-hydrogen) atoms. The third kappa shape index (κ3) is 6.31. The Bertz CT molecular complexity index is 1340. The Balaban J connectivity index is 1.31. The van der Waals surface area contributed by atoms with Crippen molar-refractivity contribution >= 4 is 57.7 Å². The number of thiocarbonyl (C=S) groups is 1. The van der Waals surface area contributed by atoms with Crippen LogP contribution >= 0.6 is 23.8 Å². The van der Waals surface area contributed by atoms with E-state index in [1.165, 1.54) is 11.6 Å². The molecule has 1 amide bonds. The van der Waals surface area contributed by atoms with Gasteiger partial charge in [0.15, 0.2) is 16.6 Å². The summed E-state index contributed by atoms with van der Waals surface area (Å²) in [7, 11) is 0. The first-order valence-electron chi connectivity index (χ1n) is 10.9. The molecule has 3 aromatic carbocycles. The second-order valence-electron chi connectivity index (χ2n) is 8.19. The lowest BCUT2D eigenvalue weighted by Gasteiger charge is -2.08. The highest BCUT2D eigenvalue weighted by atomic mass is 35.5. The largest absolute Gasteiger partial charge is 0.440 e. The summed E-state index contributed by atoms with van der Waals surface area (Å²) >= 11 is 11.1. The molecule has 0 aliphatic carbocycles. The molecule has 2 N–H and O–H groups in total. The maximum Gasteiger partial charge on any atom is 0.250 e. The first-order chi connectivity index (χ1) is 16.4. The van der Waals surface area contributed by atoms with Crippen LogP contribution in [-0.4, -0.2) is 16.0 Å². The first kappa shape index (κ1) is 23.7. The van der Waals surface area contributed by atoms with Gasteiger partial charge in [-0.15, -0.1) is 0 Å². The average Bonchev–Trinajstić information content (AvgIpc) is 3.21. The summed E-state index contributed by atoms with van der Waals surface area (Å²) < 4.78 is 5.90. The van der Waals surface area contributed by atoms with Crippen molar-refractivity contribution in [2.24, 2.45) is 0 Å². The number of hydrogen-bond donors (Lipinski definition) is 2. The highest BCUT2D eigenvalue weighted by Crippen LogP contribution is 2.23. The number of carbonyl (C=O) groups is 1. The maximum atomic E-state index is 12.1. The number of halogens is 1. The summed E-state index contributed by atoms with van der Waals surface area (Å²) in [6, 6.07) is 21.1. The van der Waals surface area contributed by atoms with Gasteiger partial charge in [-0.1, -0.05) is 55.8 Å². The summed E-state index contributed by atoms with van der Waals surface area (Å²) in [5.74, 6) is 0.799. The highest BCUT2D eigenvalue weighted by Gasteiger charge is 2.09. The van der Waals surface area contributed by atoms with Crippen molar-refractivity contribution in [1.29, 1.82) is 0 Å². The van der Waals surface area contributed by atoms with E-state index < -0.39 is 0 Å². The van der Waals surface area contributed by atoms with Crippen molar-refractivity contribution in [3.05, 3.63) is 100 Å². The van der Waals surface area contributed by atoms with Crippen LogP contribution in [0.3, 0.4) is 0 Å². The highest BCUT2D eigenvalue weighted by molar-refractivity contribution is 7.80. The molecule has 4 rings (SSSR count). The zero-order valence-corrected chi connectivity index (χ0v) is 20.4. The van der Waals surface area contributed by atoms with Gasteiger partial charge in [0.25, 0.3) is 0 Å². The molecule has 0 aliphatic heterocycles. The Morgan fingerprint density at radius 3 is 2.53 bits per heavy atom. The maximum absolute atomic E-state index is 12.1. The number of nitrogens with one attached hydrogen (secondary N) is 2. The Morgan fingerprint density at radius 1 is 1.09 bits per heavy atom. The van der Waals surface area contributed by atoms with Crippen LogP contribution in [0.5, 0.6) is 0 Å². The SMILES string of the molecule is CC(C)c1ccc2oc(Cc3ccc(NC(=S)NC(=O)/C=C/c4ccc(Cl)cc4)cc3)nc2c1. The lowest BCUT2D eigenvalue weighted by Crippen LogP contribution is -2.32. The van der Waals surface area contributed by atoms with E-state index in [1.807, 2.05) is 42.5 Å². The van der Waals surface area contributed by atoms with Crippen LogP contribution in [0.1, 0.15) is 42.3 Å². The van der Waals surface area contributed by atoms with Crippen LogP contribution in [0.15, 0.2) is 77.2 Å². The van der Waals surface area contributed by atoms with Gasteiger partial charge in [-0.05, 0) is 77.3 Å². The van der Waals surface area contributed by atoms with Gasteiger partial charge in [-0.2, -0.15) is 0 Å². The number of hydrogen-bond acceptors (Lipinski definition) is 4. The van der Waals surface area contributed by atoms with Gasteiger partial charge in [0.2, 0.25) is 5.91 Å². The average molecular weight is 490 g/mol. The van der Waals surface area contributed by atoms with E-state index in [4.69, 9.17) is 28.2 Å². The molecule has 7 heteroatoms. The van der Waals surface area contributed by atoms with Gasteiger partial charge in [0, 0.05) is 23.2 Å². The van der Waals surface area contributed by atoms with E-state index in [0.717, 1.165) is 27.9 Å². The van der Waals surface area contributed by atoms with Gasteiger partial charge >= 0.3 is 0 Å². The normalized spacial score (nSPS) is 11.3. The molecular weight excluding hydrogens is 466 g/mol. The molecule has 0 saturated heterocycles. The molecule has 0 spiro atoms. The fourth-order valence-electron chi connectivity index (χ4n) is 3.37. The second-order valence-corrected chi connectivity index (χ2v) is 9.04. The van der Waals surface area contributed by atoms with Crippen molar-refractivity contribution in [1.82, 2.24) is 10.3 Å². The van der Waals surface area contributed by atoms with E-state index in [-0.39, 0.29) is 11.0 Å². The molecule has 172 valence electrons. The minimum atomic E-state index is -0.319. The lowest BCUT2D eigenvalue weighted by atomic mass is 10.0. The van der Waals surface area contributed by atoms with E-state index in [2.05, 4.69) is 41.6 Å². The van der Waals surface area contributed by atoms with E-state index in [1.54, 1.807) is 18.2 Å². The molecule has 0 fully saturated rings. The summed E-state index contributed by atoms with van der Waals surface area (Å²) in [5, 5.41) is 6.52. The summed E-state index contributed by atoms with van der Waals surface area (Å²) in [6.07, 6.45) is 3.70. The van der Waals surface area contributed by atoms with Gasteiger partial charge in [-0.3, -0.25) is 10.1 Å². The van der Waals surface area contributed by atoms with Crippen LogP contribution < -0.4 is 10.6 Å². The second kappa shape index (κ2) is 10.6. The molecule has 1 aromatic heterocycles. The molecule has 1 heterocycles. The van der Waals surface area contributed by atoms with Crippen molar-refractivity contribution < 1.29 is 9.21 Å². The molecule has 0 unspecified atom stereocenters. The third-order valence-corrected chi connectivity index (χ3v) is 5.68. The number of fused-ring (bicyclic) bond motifs is 1. The quantitative estimate of drug-likeness (QED) is 0.232. The fraction of sp³-hybridized carbons (Fsp3) is 0.148. The number of carbonyl (C=O) groups excluding carboxylic acids is 1. The third-order valence-electron chi connectivity index (χ3n) is 5.22. The van der Waals surface area contributed by atoms with Gasteiger partial charge < -0.3 is 9.73 Å². The number of rotatable bonds is 6. The Morgan fingerprint density at radius 2 is 1.82 bits per heavy atom. The smallest absolute Gasteiger partial charge is 0.250 e. The van der Waals surface area contributed by atoms with E-state index >= 15 is 0 Å². The van der Waals surface area contributed by atoms with Crippen LogP contribution in [-0.2, 0) is 11.2 Å². The number of nitrogens with zero attached hydrogens (tertiary/aromatic N) is 1. The molecule has 0 radical (unpaired) electrons. The van der Waals surface area contributed by atoms with Crippen molar-refractivity contribution in [3.63, 3.8) is 0 Å². The summed E-state index contributed by atoms with van der Waals surface area (Å²) in [4.78, 5) is 16.7. The fourth-order valence-corrected chi connectivity index (χ4v) is 3.71. The number of amides is 1. The zero-order valence-electron chi connectivity index (χ0n) is 18.8. The Hall–Kier alpha value is -3.48. The molecular formula is C27H24ClN3O2S. The molecule has 0 bridgehead atoms. The zero-order chi connectivity index (χ0) is 24.1. The van der Waals surface area contributed by atoms with Crippen LogP contribution in [0.4, 0.5) is 5.69 Å².